The second-order valence-electron chi connectivity index (χ2n) is 5.32. The number of Topliss-reactive ketones (excluding diaryl/α,β-unsaturated/α-hetero) is 1. The number of hydrogen-bond acceptors (Lipinski definition) is 6. The van der Waals surface area contributed by atoms with Crippen LogP contribution in [-0.4, -0.2) is 27.9 Å². The Hall–Kier alpha value is -2.67. The fourth-order valence-corrected chi connectivity index (χ4v) is 3.30. The highest BCUT2D eigenvalue weighted by atomic mass is 32.1. The number of aryl methyl sites for hydroxylation is 2. The lowest BCUT2D eigenvalue weighted by molar-refractivity contribution is 0.0473. The van der Waals surface area contributed by atoms with Crippen molar-refractivity contribution in [1.29, 1.82) is 0 Å². The summed E-state index contributed by atoms with van der Waals surface area (Å²) in [6.45, 7) is 5.11. The summed E-state index contributed by atoms with van der Waals surface area (Å²) in [5, 5.41) is 2.68. The number of esters is 1. The Morgan fingerprint density at radius 1 is 1.29 bits per heavy atom. The minimum absolute atomic E-state index is 0.250. The number of carbonyl (C=O) groups is 2. The van der Waals surface area contributed by atoms with Gasteiger partial charge in [-0.3, -0.25) is 9.36 Å². The van der Waals surface area contributed by atoms with Crippen molar-refractivity contribution in [2.24, 2.45) is 0 Å². The standard InChI is InChI=1S/C17H16N2O4S/c1-10-8-14(11(2)19(10)17-18-5-7-24-17)15(20)9-23-16(21)13-4-6-22-12(13)3/h4-8H,9H2,1-3H3. The molecule has 0 aliphatic carbocycles. The monoisotopic (exact) mass is 344 g/mol. The molecule has 0 unspecified atom stereocenters. The van der Waals surface area contributed by atoms with E-state index in [9.17, 15) is 9.59 Å². The van der Waals surface area contributed by atoms with Gasteiger partial charge in [-0.1, -0.05) is 0 Å². The first-order valence-corrected chi connectivity index (χ1v) is 8.20. The summed E-state index contributed by atoms with van der Waals surface area (Å²) in [4.78, 5) is 28.7. The number of ether oxygens (including phenoxy) is 1. The van der Waals surface area contributed by atoms with Crippen molar-refractivity contribution < 1.29 is 18.7 Å². The lowest BCUT2D eigenvalue weighted by Gasteiger charge is -2.06. The van der Waals surface area contributed by atoms with Gasteiger partial charge in [0, 0.05) is 28.5 Å². The summed E-state index contributed by atoms with van der Waals surface area (Å²) in [6.07, 6.45) is 3.13. The van der Waals surface area contributed by atoms with Gasteiger partial charge in [-0.15, -0.1) is 11.3 Å². The van der Waals surface area contributed by atoms with E-state index >= 15 is 0 Å². The van der Waals surface area contributed by atoms with Crippen LogP contribution in [0.15, 0.2) is 34.4 Å². The van der Waals surface area contributed by atoms with E-state index < -0.39 is 5.97 Å². The third-order valence-corrected chi connectivity index (χ3v) is 4.51. The first kappa shape index (κ1) is 16.2. The van der Waals surface area contributed by atoms with E-state index in [-0.39, 0.29) is 12.4 Å². The van der Waals surface area contributed by atoms with Gasteiger partial charge in [-0.2, -0.15) is 0 Å². The second kappa shape index (κ2) is 6.45. The molecule has 0 fully saturated rings. The zero-order chi connectivity index (χ0) is 17.3. The summed E-state index contributed by atoms with van der Waals surface area (Å²) in [5.74, 6) is -0.349. The molecule has 3 aromatic rings. The minimum atomic E-state index is -0.566. The van der Waals surface area contributed by atoms with Crippen molar-refractivity contribution >= 4 is 23.1 Å². The third kappa shape index (κ3) is 2.90. The molecule has 0 aliphatic rings. The largest absolute Gasteiger partial charge is 0.469 e. The van der Waals surface area contributed by atoms with Crippen molar-refractivity contribution in [3.8, 4) is 5.13 Å². The third-order valence-electron chi connectivity index (χ3n) is 3.76. The zero-order valence-electron chi connectivity index (χ0n) is 13.5. The van der Waals surface area contributed by atoms with Gasteiger partial charge in [0.15, 0.2) is 11.7 Å². The highest BCUT2D eigenvalue weighted by Gasteiger charge is 2.20. The van der Waals surface area contributed by atoms with Gasteiger partial charge < -0.3 is 9.15 Å². The lowest BCUT2D eigenvalue weighted by atomic mass is 10.1. The molecule has 0 spiro atoms. The van der Waals surface area contributed by atoms with Crippen LogP contribution in [0.5, 0.6) is 0 Å². The summed E-state index contributed by atoms with van der Waals surface area (Å²) in [7, 11) is 0. The van der Waals surface area contributed by atoms with Gasteiger partial charge in [-0.25, -0.2) is 9.78 Å². The van der Waals surface area contributed by atoms with Crippen molar-refractivity contribution in [1.82, 2.24) is 9.55 Å². The maximum absolute atomic E-state index is 12.4. The molecule has 3 aromatic heterocycles. The Labute approximate surface area is 142 Å². The first-order chi connectivity index (χ1) is 11.5. The van der Waals surface area contributed by atoms with Crippen LogP contribution in [0.25, 0.3) is 5.13 Å². The molecule has 0 atom stereocenters. The van der Waals surface area contributed by atoms with Crippen molar-refractivity contribution in [3.63, 3.8) is 0 Å². The van der Waals surface area contributed by atoms with Crippen LogP contribution in [0, 0.1) is 20.8 Å². The van der Waals surface area contributed by atoms with Crippen LogP contribution in [0.3, 0.4) is 0 Å². The molecule has 0 aromatic carbocycles. The van der Waals surface area contributed by atoms with Crippen LogP contribution in [-0.2, 0) is 4.74 Å². The Kier molecular flexibility index (Phi) is 4.35. The van der Waals surface area contributed by atoms with Crippen LogP contribution >= 0.6 is 11.3 Å². The number of carbonyl (C=O) groups excluding carboxylic acids is 2. The number of aromatic nitrogens is 2. The first-order valence-electron chi connectivity index (χ1n) is 7.32. The van der Waals surface area contributed by atoms with Gasteiger partial charge in [0.1, 0.15) is 11.3 Å². The fraction of sp³-hybridized carbons (Fsp3) is 0.235. The van der Waals surface area contributed by atoms with E-state index in [2.05, 4.69) is 4.98 Å². The normalized spacial score (nSPS) is 10.8. The Balaban J connectivity index is 1.76. The van der Waals surface area contributed by atoms with Gasteiger partial charge >= 0.3 is 5.97 Å². The predicted octanol–water partition coefficient (Wildman–Crippen LogP) is 3.49. The molecule has 124 valence electrons. The lowest BCUT2D eigenvalue weighted by Crippen LogP contribution is -2.15. The molecular weight excluding hydrogens is 328 g/mol. The summed E-state index contributed by atoms with van der Waals surface area (Å²) in [5.41, 5.74) is 2.54. The maximum atomic E-state index is 12.4. The minimum Gasteiger partial charge on any atom is -0.469 e. The average molecular weight is 344 g/mol. The second-order valence-corrected chi connectivity index (χ2v) is 6.20. The molecule has 0 aliphatic heterocycles. The molecule has 3 rings (SSSR count). The quantitative estimate of drug-likeness (QED) is 0.523. The van der Waals surface area contributed by atoms with E-state index in [1.165, 1.54) is 23.7 Å². The molecule has 0 N–H and O–H groups in total. The number of hydrogen-bond donors (Lipinski definition) is 0. The van der Waals surface area contributed by atoms with Crippen LogP contribution < -0.4 is 0 Å². The number of nitrogens with zero attached hydrogens (tertiary/aromatic N) is 2. The highest BCUT2D eigenvalue weighted by molar-refractivity contribution is 7.12. The molecule has 0 bridgehead atoms. The van der Waals surface area contributed by atoms with Gasteiger partial charge in [0.25, 0.3) is 0 Å². The number of ketones is 1. The molecule has 3 heterocycles. The molecule has 0 radical (unpaired) electrons. The van der Waals surface area contributed by atoms with E-state index in [0.717, 1.165) is 16.5 Å². The molecular formula is C17H16N2O4S. The van der Waals surface area contributed by atoms with E-state index in [1.54, 1.807) is 19.2 Å². The van der Waals surface area contributed by atoms with E-state index in [1.807, 2.05) is 23.8 Å². The topological polar surface area (TPSA) is 74.3 Å². The van der Waals surface area contributed by atoms with Gasteiger partial charge in [0.2, 0.25) is 5.78 Å². The molecule has 24 heavy (non-hydrogen) atoms. The average Bonchev–Trinajstić information content (AvgIpc) is 3.26. The maximum Gasteiger partial charge on any atom is 0.342 e. The summed E-state index contributed by atoms with van der Waals surface area (Å²) >= 11 is 1.49. The SMILES string of the molecule is Cc1occc1C(=O)OCC(=O)c1cc(C)n(-c2nccs2)c1C. The predicted molar refractivity (Wildman–Crippen MR) is 89.0 cm³/mol. The van der Waals surface area contributed by atoms with Crippen molar-refractivity contribution in [2.75, 3.05) is 6.61 Å². The molecule has 0 amide bonds. The van der Waals surface area contributed by atoms with Crippen LogP contribution in [0.2, 0.25) is 0 Å². The molecule has 6 nitrogen and oxygen atoms in total. The number of rotatable bonds is 5. The molecule has 0 saturated heterocycles. The van der Waals surface area contributed by atoms with Crippen molar-refractivity contribution in [2.45, 2.75) is 20.8 Å². The molecule has 0 saturated carbocycles. The zero-order valence-corrected chi connectivity index (χ0v) is 14.3. The number of thiazole rings is 1. The Morgan fingerprint density at radius 3 is 2.71 bits per heavy atom. The van der Waals surface area contributed by atoms with Crippen LogP contribution in [0.1, 0.15) is 37.9 Å². The Bertz CT molecular complexity index is 890. The Morgan fingerprint density at radius 2 is 2.08 bits per heavy atom. The van der Waals surface area contributed by atoms with Crippen molar-refractivity contribution in [3.05, 3.63) is 58.2 Å². The fourth-order valence-electron chi connectivity index (χ4n) is 2.55. The smallest absolute Gasteiger partial charge is 0.342 e. The van der Waals surface area contributed by atoms with Gasteiger partial charge in [-0.05, 0) is 32.9 Å². The summed E-state index contributed by atoms with van der Waals surface area (Å²) in [6, 6.07) is 3.31. The summed E-state index contributed by atoms with van der Waals surface area (Å²) < 4.78 is 12.1. The molecule has 7 heteroatoms. The van der Waals surface area contributed by atoms with E-state index in [0.29, 0.717) is 16.9 Å². The van der Waals surface area contributed by atoms with E-state index in [4.69, 9.17) is 9.15 Å². The number of furan rings is 1. The highest BCUT2D eigenvalue weighted by Crippen LogP contribution is 2.22. The van der Waals surface area contributed by atoms with Gasteiger partial charge in [0.05, 0.1) is 6.26 Å². The van der Waals surface area contributed by atoms with Crippen LogP contribution in [0.4, 0.5) is 0 Å².